The van der Waals surface area contributed by atoms with E-state index in [9.17, 15) is 0 Å². The van der Waals surface area contributed by atoms with Crippen LogP contribution in [0.4, 0.5) is 0 Å². The second-order valence-electron chi connectivity index (χ2n) is 3.27. The molecule has 90 valence electrons. The van der Waals surface area contributed by atoms with E-state index in [1.54, 1.807) is 0 Å². The van der Waals surface area contributed by atoms with Crippen molar-refractivity contribution in [3.8, 4) is 0 Å². The maximum atomic E-state index is 3.54. The minimum Gasteiger partial charge on any atom is -0.0613 e. The van der Waals surface area contributed by atoms with Gasteiger partial charge in [0.1, 0.15) is 0 Å². The molecule has 0 aliphatic carbocycles. The Labute approximate surface area is 146 Å². The van der Waals surface area contributed by atoms with Crippen LogP contribution in [0.3, 0.4) is 0 Å². The minimum atomic E-state index is -0.384. The number of benzene rings is 1. The van der Waals surface area contributed by atoms with E-state index in [1.165, 1.54) is 5.56 Å². The Bertz CT molecular complexity index is 342. The predicted molar refractivity (Wildman–Crippen MR) is 92.7 cm³/mol. The first-order valence-electron chi connectivity index (χ1n) is 4.43. The Kier molecular flexibility index (Phi) is 6.09. The zero-order valence-corrected chi connectivity index (χ0v) is 17.7. The summed E-state index contributed by atoms with van der Waals surface area (Å²) >= 11 is 21.2. The van der Waals surface area contributed by atoms with Crippen molar-refractivity contribution in [1.82, 2.24) is 0 Å². The Morgan fingerprint density at radius 1 is 0.812 bits per heavy atom. The van der Waals surface area contributed by atoms with Crippen molar-refractivity contribution >= 4 is 95.6 Å². The van der Waals surface area contributed by atoms with Gasteiger partial charge in [-0.2, -0.15) is 0 Å². The van der Waals surface area contributed by atoms with E-state index in [2.05, 4.69) is 121 Å². The van der Waals surface area contributed by atoms with Crippen LogP contribution in [-0.4, -0.2) is 0 Å². The highest BCUT2D eigenvalue weighted by Crippen LogP contribution is 2.49. The number of halogens is 6. The van der Waals surface area contributed by atoms with Gasteiger partial charge in [-0.1, -0.05) is 115 Å². The van der Waals surface area contributed by atoms with Crippen LogP contribution in [0.15, 0.2) is 18.2 Å². The standard InChI is InChI=1S/C10H8Br6/c1-2-6-3-7(9(11,12)13)5-8(4-6)10(14,15)16/h3-5H,2H2,1H3. The number of rotatable bonds is 1. The quantitative estimate of drug-likeness (QED) is 0.307. The molecule has 16 heavy (non-hydrogen) atoms. The van der Waals surface area contributed by atoms with Gasteiger partial charge in [-0.15, -0.1) is 0 Å². The van der Waals surface area contributed by atoms with Crippen LogP contribution < -0.4 is 0 Å². The molecule has 0 bridgehead atoms. The zero-order valence-electron chi connectivity index (χ0n) is 8.21. The van der Waals surface area contributed by atoms with Crippen LogP contribution in [0.25, 0.3) is 0 Å². The summed E-state index contributed by atoms with van der Waals surface area (Å²) in [7, 11) is 0. The van der Waals surface area contributed by atoms with E-state index < -0.39 is 0 Å². The Morgan fingerprint density at radius 3 is 1.44 bits per heavy atom. The molecule has 0 N–H and O–H groups in total. The van der Waals surface area contributed by atoms with Gasteiger partial charge >= 0.3 is 0 Å². The van der Waals surface area contributed by atoms with E-state index in [0.29, 0.717) is 0 Å². The molecule has 0 saturated heterocycles. The predicted octanol–water partition coefficient (Wildman–Crippen LogP) is 6.84. The highest BCUT2D eigenvalue weighted by molar-refractivity contribution is 9.39. The van der Waals surface area contributed by atoms with Gasteiger partial charge in [0, 0.05) is 0 Å². The molecular weight excluding hydrogens is 600 g/mol. The van der Waals surface area contributed by atoms with Crippen LogP contribution in [0, 0.1) is 0 Å². The summed E-state index contributed by atoms with van der Waals surface area (Å²) in [6, 6.07) is 6.40. The van der Waals surface area contributed by atoms with Gasteiger partial charge in [0.05, 0.1) is 0 Å². The number of aryl methyl sites for hydroxylation is 1. The van der Waals surface area contributed by atoms with E-state index in [-0.39, 0.29) is 4.29 Å². The molecular formula is C10H8Br6. The fourth-order valence-electron chi connectivity index (χ4n) is 1.22. The third-order valence-electron chi connectivity index (χ3n) is 2.06. The molecule has 0 aromatic heterocycles. The maximum absolute atomic E-state index is 3.54. The fraction of sp³-hybridized carbons (Fsp3) is 0.400. The topological polar surface area (TPSA) is 0 Å². The average molecular weight is 608 g/mol. The summed E-state index contributed by atoms with van der Waals surface area (Å²) in [5, 5.41) is 0. The van der Waals surface area contributed by atoms with Gasteiger partial charge in [-0.3, -0.25) is 0 Å². The van der Waals surface area contributed by atoms with Crippen molar-refractivity contribution in [2.45, 2.75) is 17.6 Å². The number of alkyl halides is 6. The lowest BCUT2D eigenvalue weighted by Gasteiger charge is -2.19. The SMILES string of the molecule is CCc1cc(C(Br)(Br)Br)cc(C(Br)(Br)Br)c1. The molecule has 1 rings (SSSR count). The van der Waals surface area contributed by atoms with Crippen molar-refractivity contribution in [3.05, 3.63) is 34.9 Å². The molecule has 0 atom stereocenters. The molecule has 0 radical (unpaired) electrons. The summed E-state index contributed by atoms with van der Waals surface area (Å²) in [6.07, 6.45) is 0.993. The molecule has 0 amide bonds. The molecule has 1 aromatic rings. The van der Waals surface area contributed by atoms with Crippen LogP contribution in [-0.2, 0) is 10.7 Å². The highest BCUT2D eigenvalue weighted by atomic mass is 80.0. The molecule has 6 heteroatoms. The Hall–Kier alpha value is 2.10. The Morgan fingerprint density at radius 2 is 1.19 bits per heavy atom. The first-order chi connectivity index (χ1) is 7.14. The molecule has 0 saturated carbocycles. The van der Waals surface area contributed by atoms with Crippen LogP contribution in [0.1, 0.15) is 23.6 Å². The van der Waals surface area contributed by atoms with Gasteiger partial charge in [0.2, 0.25) is 0 Å². The van der Waals surface area contributed by atoms with E-state index >= 15 is 0 Å². The van der Waals surface area contributed by atoms with Crippen molar-refractivity contribution in [1.29, 1.82) is 0 Å². The maximum Gasteiger partial charge on any atom is 0.159 e. The van der Waals surface area contributed by atoms with Gasteiger partial charge in [0.25, 0.3) is 0 Å². The first kappa shape index (κ1) is 16.2. The van der Waals surface area contributed by atoms with Crippen LogP contribution >= 0.6 is 95.6 Å². The lowest BCUT2D eigenvalue weighted by Crippen LogP contribution is -2.05. The molecule has 0 spiro atoms. The summed E-state index contributed by atoms with van der Waals surface area (Å²) in [5.74, 6) is 0. The summed E-state index contributed by atoms with van der Waals surface area (Å²) in [4.78, 5) is 0. The third-order valence-corrected chi connectivity index (χ3v) is 4.80. The van der Waals surface area contributed by atoms with Gasteiger partial charge < -0.3 is 0 Å². The van der Waals surface area contributed by atoms with Gasteiger partial charge in [0.15, 0.2) is 4.29 Å². The van der Waals surface area contributed by atoms with Gasteiger partial charge in [-0.05, 0) is 29.2 Å². The highest BCUT2D eigenvalue weighted by Gasteiger charge is 2.26. The lowest BCUT2D eigenvalue weighted by atomic mass is 10.1. The second-order valence-corrected chi connectivity index (χ2v) is 16.8. The van der Waals surface area contributed by atoms with Crippen molar-refractivity contribution in [3.63, 3.8) is 0 Å². The third kappa shape index (κ3) is 4.65. The van der Waals surface area contributed by atoms with Crippen molar-refractivity contribution in [2.75, 3.05) is 0 Å². The molecule has 0 aliphatic heterocycles. The lowest BCUT2D eigenvalue weighted by molar-refractivity contribution is 1.11. The molecule has 0 aliphatic rings. The zero-order chi connectivity index (χ0) is 12.6. The molecule has 0 unspecified atom stereocenters. The van der Waals surface area contributed by atoms with Gasteiger partial charge in [-0.25, -0.2) is 0 Å². The van der Waals surface area contributed by atoms with Crippen molar-refractivity contribution < 1.29 is 0 Å². The normalized spacial score (nSPS) is 12.9. The van der Waals surface area contributed by atoms with Crippen molar-refractivity contribution in [2.24, 2.45) is 0 Å². The molecule has 0 heterocycles. The fourth-order valence-corrected chi connectivity index (χ4v) is 2.60. The Balaban J connectivity index is 3.33. The summed E-state index contributed by atoms with van der Waals surface area (Å²) < 4.78 is -0.768. The number of hydrogen-bond donors (Lipinski definition) is 0. The summed E-state index contributed by atoms with van der Waals surface area (Å²) in [5.41, 5.74) is 3.51. The molecule has 0 fully saturated rings. The number of hydrogen-bond acceptors (Lipinski definition) is 0. The molecule has 1 aromatic carbocycles. The van der Waals surface area contributed by atoms with Crippen LogP contribution in [0.5, 0.6) is 0 Å². The largest absolute Gasteiger partial charge is 0.159 e. The summed E-state index contributed by atoms with van der Waals surface area (Å²) in [6.45, 7) is 2.14. The average Bonchev–Trinajstić information content (AvgIpc) is 2.14. The van der Waals surface area contributed by atoms with E-state index in [4.69, 9.17) is 0 Å². The van der Waals surface area contributed by atoms with E-state index in [1.807, 2.05) is 0 Å². The first-order valence-corrected chi connectivity index (χ1v) is 9.18. The van der Waals surface area contributed by atoms with Crippen LogP contribution in [0.2, 0.25) is 0 Å². The molecule has 0 nitrogen and oxygen atoms in total. The second kappa shape index (κ2) is 6.04. The van der Waals surface area contributed by atoms with E-state index in [0.717, 1.165) is 17.5 Å². The smallest absolute Gasteiger partial charge is 0.0613 e. The minimum absolute atomic E-state index is 0.384. The monoisotopic (exact) mass is 602 g/mol.